The van der Waals surface area contributed by atoms with Gasteiger partial charge in [-0.2, -0.15) is 0 Å². The van der Waals surface area contributed by atoms with E-state index in [9.17, 15) is 14.7 Å². The van der Waals surface area contributed by atoms with Crippen LogP contribution in [0.1, 0.15) is 63.2 Å². The number of anilines is 3. The molecule has 0 fully saturated rings. The number of nitrogens with one attached hydrogen (secondary N) is 3. The number of hydrogen-bond acceptors (Lipinski definition) is 9. The van der Waals surface area contributed by atoms with Crippen molar-refractivity contribution in [2.45, 2.75) is 45.9 Å². The molecule has 1 aliphatic heterocycles. The average molecular weight is 709 g/mol. The second-order valence-corrected chi connectivity index (χ2v) is 13.5. The van der Waals surface area contributed by atoms with Crippen LogP contribution in [-0.2, 0) is 32.2 Å². The molecule has 12 nitrogen and oxygen atoms in total. The quantitative estimate of drug-likeness (QED) is 0.134. The van der Waals surface area contributed by atoms with Crippen LogP contribution < -0.4 is 20.7 Å². The summed E-state index contributed by atoms with van der Waals surface area (Å²) in [5, 5.41) is 19.9. The lowest BCUT2D eigenvalue weighted by atomic mass is 9.98. The second-order valence-electron chi connectivity index (χ2n) is 13.2. The predicted molar refractivity (Wildman–Crippen MR) is 198 cm³/mol. The van der Waals surface area contributed by atoms with Crippen LogP contribution in [0.3, 0.4) is 0 Å². The summed E-state index contributed by atoms with van der Waals surface area (Å²) >= 11 is 6.92. The summed E-state index contributed by atoms with van der Waals surface area (Å²) in [6, 6.07) is 16.2. The Morgan fingerprint density at radius 2 is 1.73 bits per heavy atom. The Balaban J connectivity index is 1.17. The van der Waals surface area contributed by atoms with Gasteiger partial charge >= 0.3 is 0 Å². The highest BCUT2D eigenvalue weighted by Crippen LogP contribution is 2.38. The fourth-order valence-electron chi connectivity index (χ4n) is 6.11. The normalized spacial score (nSPS) is 13.0. The van der Waals surface area contributed by atoms with E-state index in [2.05, 4.69) is 35.8 Å². The maximum absolute atomic E-state index is 13.4. The molecule has 4 N–H and O–H groups in total. The van der Waals surface area contributed by atoms with Crippen molar-refractivity contribution in [3.8, 4) is 16.9 Å². The minimum absolute atomic E-state index is 0.180. The minimum Gasteiger partial charge on any atom is -0.496 e. The van der Waals surface area contributed by atoms with Crippen LogP contribution >= 0.6 is 11.6 Å². The van der Waals surface area contributed by atoms with Crippen molar-refractivity contribution in [2.24, 2.45) is 7.05 Å². The Hall–Kier alpha value is -5.30. The van der Waals surface area contributed by atoms with E-state index in [1.807, 2.05) is 55.9 Å². The van der Waals surface area contributed by atoms with Crippen molar-refractivity contribution >= 4 is 40.5 Å². The van der Waals surface area contributed by atoms with Crippen LogP contribution in [0.5, 0.6) is 5.75 Å². The fourth-order valence-corrected chi connectivity index (χ4v) is 6.39. The topological polar surface area (TPSA) is 147 Å². The number of hydrogen-bond donors (Lipinski definition) is 4. The number of aliphatic hydroxyl groups is 1. The molecule has 0 unspecified atom stereocenters. The number of aromatic nitrogens is 4. The molecule has 2 amide bonds. The van der Waals surface area contributed by atoms with Gasteiger partial charge in [-0.05, 0) is 63.2 Å². The van der Waals surface area contributed by atoms with Crippen molar-refractivity contribution < 1.29 is 19.4 Å². The van der Waals surface area contributed by atoms with Gasteiger partial charge in [0, 0.05) is 79.8 Å². The van der Waals surface area contributed by atoms with Gasteiger partial charge in [-0.15, -0.1) is 0 Å². The van der Waals surface area contributed by atoms with E-state index in [0.29, 0.717) is 52.3 Å². The van der Waals surface area contributed by atoms with Gasteiger partial charge in [-0.1, -0.05) is 35.9 Å². The summed E-state index contributed by atoms with van der Waals surface area (Å²) in [6.07, 6.45) is 4.06. The second kappa shape index (κ2) is 14.5. The number of benzene rings is 2. The van der Waals surface area contributed by atoms with Gasteiger partial charge in [0.1, 0.15) is 17.0 Å². The van der Waals surface area contributed by atoms with Gasteiger partial charge in [0.2, 0.25) is 0 Å². The minimum atomic E-state index is -1.07. The maximum atomic E-state index is 13.4. The van der Waals surface area contributed by atoms with Crippen molar-refractivity contribution in [1.29, 1.82) is 0 Å². The van der Waals surface area contributed by atoms with Crippen LogP contribution in [0.2, 0.25) is 5.02 Å². The van der Waals surface area contributed by atoms with E-state index in [1.54, 1.807) is 50.5 Å². The van der Waals surface area contributed by atoms with Crippen LogP contribution in [-0.4, -0.2) is 62.0 Å². The number of amides is 2. The summed E-state index contributed by atoms with van der Waals surface area (Å²) in [6.45, 7) is 7.23. The molecule has 0 aliphatic carbocycles. The lowest BCUT2D eigenvalue weighted by molar-refractivity contribution is 0.0739. The van der Waals surface area contributed by atoms with E-state index in [1.165, 1.54) is 7.11 Å². The van der Waals surface area contributed by atoms with Gasteiger partial charge in [-0.25, -0.2) is 4.98 Å². The Kier molecular flexibility index (Phi) is 10.1. The molecule has 1 aliphatic rings. The Labute approximate surface area is 301 Å². The molecule has 2 aromatic carbocycles. The van der Waals surface area contributed by atoms with Gasteiger partial charge in [0.15, 0.2) is 5.82 Å². The summed E-state index contributed by atoms with van der Waals surface area (Å²) in [7, 11) is 5.44. The molecule has 0 saturated heterocycles. The van der Waals surface area contributed by atoms with Gasteiger partial charge in [-0.3, -0.25) is 19.6 Å². The number of imidazole rings is 1. The number of methoxy groups -OCH3 is 1. The number of likely N-dealkylation sites (N-methyl/N-ethyl adjacent to an activating group) is 1. The lowest BCUT2D eigenvalue weighted by Crippen LogP contribution is -2.27. The first kappa shape index (κ1) is 35.5. The number of fused-ring (bicyclic) bond motifs is 1. The van der Waals surface area contributed by atoms with Crippen molar-refractivity contribution in [3.63, 3.8) is 0 Å². The zero-order valence-electron chi connectivity index (χ0n) is 29.5. The molecule has 0 bridgehead atoms. The van der Waals surface area contributed by atoms with E-state index < -0.39 is 11.5 Å². The summed E-state index contributed by atoms with van der Waals surface area (Å²) < 4.78 is 7.46. The molecule has 13 heteroatoms. The standard InChI is InChI=1S/C38H41ClN8O4/c1-22-25(26-10-8-12-28(34(26)39)45-37(49)35-43-30-21-46(4)16-14-31(30)47(35)5)9-7-11-27(22)44-36(48)29-18-32(51-6)23(20-42-29)19-41-24-13-15-40-33(17-24)38(2,3)50/h7-13,15,17-18,20,50H,14,16,19,21H2,1-6H3,(H,40,41)(H,44,48)(H,45,49). The van der Waals surface area contributed by atoms with Crippen LogP contribution in [0.4, 0.5) is 17.1 Å². The first-order valence-corrected chi connectivity index (χ1v) is 16.9. The molecular formula is C38H41ClN8O4. The first-order chi connectivity index (χ1) is 24.3. The SMILES string of the molecule is COc1cc(C(=O)Nc2cccc(-c3cccc(NC(=O)c4nc5c(n4C)CCN(C)C5)c3Cl)c2C)ncc1CNc1ccnc(C(C)(C)O)c1. The smallest absolute Gasteiger partial charge is 0.291 e. The van der Waals surface area contributed by atoms with Crippen LogP contribution in [0.15, 0.2) is 67.0 Å². The highest BCUT2D eigenvalue weighted by molar-refractivity contribution is 6.36. The maximum Gasteiger partial charge on any atom is 0.291 e. The third-order valence-electron chi connectivity index (χ3n) is 9.03. The molecule has 51 heavy (non-hydrogen) atoms. The van der Waals surface area contributed by atoms with Crippen LogP contribution in [0.25, 0.3) is 11.1 Å². The zero-order valence-corrected chi connectivity index (χ0v) is 30.2. The van der Waals surface area contributed by atoms with E-state index >= 15 is 0 Å². The third-order valence-corrected chi connectivity index (χ3v) is 9.44. The monoisotopic (exact) mass is 708 g/mol. The molecule has 0 saturated carbocycles. The average Bonchev–Trinajstić information content (AvgIpc) is 3.44. The molecule has 0 radical (unpaired) electrons. The van der Waals surface area contributed by atoms with E-state index in [4.69, 9.17) is 16.3 Å². The number of nitrogens with zero attached hydrogens (tertiary/aromatic N) is 5. The van der Waals surface area contributed by atoms with Crippen molar-refractivity contribution in [1.82, 2.24) is 24.4 Å². The predicted octanol–water partition coefficient (Wildman–Crippen LogP) is 6.18. The molecular weight excluding hydrogens is 668 g/mol. The molecule has 4 heterocycles. The van der Waals surface area contributed by atoms with Crippen LogP contribution in [0, 0.1) is 6.92 Å². The third kappa shape index (κ3) is 7.58. The number of ether oxygens (including phenoxy) is 1. The zero-order chi connectivity index (χ0) is 36.4. The molecule has 5 aromatic rings. The van der Waals surface area contributed by atoms with E-state index in [-0.39, 0.29) is 11.6 Å². The number of pyridine rings is 2. The molecule has 264 valence electrons. The highest BCUT2D eigenvalue weighted by atomic mass is 35.5. The molecule has 3 aromatic heterocycles. The van der Waals surface area contributed by atoms with Crippen molar-refractivity contribution in [3.05, 3.63) is 112 Å². The summed E-state index contributed by atoms with van der Waals surface area (Å²) in [4.78, 5) is 42.3. The summed E-state index contributed by atoms with van der Waals surface area (Å²) in [5.41, 5.74) is 6.45. The number of carbonyl (C=O) groups is 2. The number of halogens is 1. The Morgan fingerprint density at radius 1 is 1.00 bits per heavy atom. The highest BCUT2D eigenvalue weighted by Gasteiger charge is 2.25. The molecule has 6 rings (SSSR count). The Morgan fingerprint density at radius 3 is 2.47 bits per heavy atom. The van der Waals surface area contributed by atoms with E-state index in [0.717, 1.165) is 46.7 Å². The summed E-state index contributed by atoms with van der Waals surface area (Å²) in [5.74, 6) is 0.0803. The molecule has 0 atom stereocenters. The van der Waals surface area contributed by atoms with Gasteiger partial charge in [0.05, 0.1) is 29.2 Å². The first-order valence-electron chi connectivity index (χ1n) is 16.5. The Bertz CT molecular complexity index is 2120. The largest absolute Gasteiger partial charge is 0.496 e. The fraction of sp³-hybridized carbons (Fsp3) is 0.289. The van der Waals surface area contributed by atoms with Gasteiger partial charge < -0.3 is 35.3 Å². The van der Waals surface area contributed by atoms with Gasteiger partial charge in [0.25, 0.3) is 11.8 Å². The number of rotatable bonds is 10. The molecule has 0 spiro atoms. The number of carbonyl (C=O) groups excluding carboxylic acids is 2. The lowest BCUT2D eigenvalue weighted by Gasteiger charge is -2.21. The van der Waals surface area contributed by atoms with Crippen molar-refractivity contribution in [2.75, 3.05) is 36.7 Å².